The van der Waals surface area contributed by atoms with E-state index < -0.39 is 0 Å². The van der Waals surface area contributed by atoms with Crippen LogP contribution in [-0.2, 0) is 0 Å². The molecule has 0 amide bonds. The SMILES string of the molecule is Cc1cc(C2=NNCC2)ccc1O. The molecule has 0 aromatic heterocycles. The maximum absolute atomic E-state index is 9.33. The van der Waals surface area contributed by atoms with Gasteiger partial charge in [-0.3, -0.25) is 0 Å². The molecule has 0 atom stereocenters. The van der Waals surface area contributed by atoms with Crippen LogP contribution in [0.25, 0.3) is 0 Å². The van der Waals surface area contributed by atoms with Crippen LogP contribution in [0.15, 0.2) is 23.3 Å². The maximum Gasteiger partial charge on any atom is 0.118 e. The van der Waals surface area contributed by atoms with Gasteiger partial charge in [0, 0.05) is 13.0 Å². The number of hydrogen-bond donors (Lipinski definition) is 2. The van der Waals surface area contributed by atoms with Gasteiger partial charge in [-0.15, -0.1) is 0 Å². The van der Waals surface area contributed by atoms with Gasteiger partial charge in [-0.2, -0.15) is 5.10 Å². The topological polar surface area (TPSA) is 44.6 Å². The lowest BCUT2D eigenvalue weighted by molar-refractivity contribution is 0.471. The van der Waals surface area contributed by atoms with Crippen LogP contribution in [0.1, 0.15) is 17.5 Å². The molecule has 0 aliphatic carbocycles. The molecule has 0 unspecified atom stereocenters. The van der Waals surface area contributed by atoms with E-state index in [1.54, 1.807) is 6.07 Å². The summed E-state index contributed by atoms with van der Waals surface area (Å²) >= 11 is 0. The third-order valence-corrected chi connectivity index (χ3v) is 2.22. The predicted octanol–water partition coefficient (Wildman–Crippen LogP) is 1.40. The minimum absolute atomic E-state index is 0.343. The molecule has 1 aliphatic heterocycles. The Bertz CT molecular complexity index is 358. The van der Waals surface area contributed by atoms with Crippen molar-refractivity contribution in [1.82, 2.24) is 5.43 Å². The van der Waals surface area contributed by atoms with E-state index in [9.17, 15) is 5.11 Å². The van der Waals surface area contributed by atoms with E-state index in [0.717, 1.165) is 29.8 Å². The molecule has 2 rings (SSSR count). The summed E-state index contributed by atoms with van der Waals surface area (Å²) in [4.78, 5) is 0. The second kappa shape index (κ2) is 3.09. The van der Waals surface area contributed by atoms with Gasteiger partial charge >= 0.3 is 0 Å². The number of rotatable bonds is 1. The Morgan fingerprint density at radius 1 is 1.46 bits per heavy atom. The van der Waals surface area contributed by atoms with E-state index in [2.05, 4.69) is 10.5 Å². The summed E-state index contributed by atoms with van der Waals surface area (Å²) in [6.07, 6.45) is 0.963. The first kappa shape index (κ1) is 8.10. The molecule has 0 saturated heterocycles. The number of nitrogens with one attached hydrogen (secondary N) is 1. The van der Waals surface area contributed by atoms with Crippen LogP contribution >= 0.6 is 0 Å². The molecule has 3 heteroatoms. The Morgan fingerprint density at radius 2 is 2.31 bits per heavy atom. The van der Waals surface area contributed by atoms with Crippen LogP contribution in [0.2, 0.25) is 0 Å². The fourth-order valence-electron chi connectivity index (χ4n) is 1.43. The molecule has 1 aromatic carbocycles. The number of phenolic OH excluding ortho intramolecular Hbond substituents is 1. The van der Waals surface area contributed by atoms with Crippen molar-refractivity contribution in [1.29, 1.82) is 0 Å². The zero-order valence-electron chi connectivity index (χ0n) is 7.54. The number of phenols is 1. The van der Waals surface area contributed by atoms with Gasteiger partial charge < -0.3 is 10.5 Å². The zero-order chi connectivity index (χ0) is 9.26. The normalized spacial score (nSPS) is 15.3. The number of hydrazone groups is 1. The van der Waals surface area contributed by atoms with E-state index in [1.165, 1.54) is 0 Å². The van der Waals surface area contributed by atoms with Crippen molar-refractivity contribution in [2.45, 2.75) is 13.3 Å². The van der Waals surface area contributed by atoms with Crippen molar-refractivity contribution in [3.8, 4) is 5.75 Å². The molecule has 68 valence electrons. The first-order chi connectivity index (χ1) is 6.27. The molecule has 0 radical (unpaired) electrons. The van der Waals surface area contributed by atoms with Gasteiger partial charge in [-0.25, -0.2) is 0 Å². The molecule has 0 fully saturated rings. The van der Waals surface area contributed by atoms with Gasteiger partial charge in [-0.1, -0.05) is 0 Å². The Labute approximate surface area is 77.1 Å². The Kier molecular flexibility index (Phi) is 1.93. The number of benzene rings is 1. The lowest BCUT2D eigenvalue weighted by atomic mass is 10.1. The Morgan fingerprint density at radius 3 is 2.92 bits per heavy atom. The summed E-state index contributed by atoms with van der Waals surface area (Å²) in [5, 5.41) is 13.5. The smallest absolute Gasteiger partial charge is 0.118 e. The lowest BCUT2D eigenvalue weighted by Crippen LogP contribution is -1.98. The molecule has 13 heavy (non-hydrogen) atoms. The first-order valence-corrected chi connectivity index (χ1v) is 4.37. The van der Waals surface area contributed by atoms with Gasteiger partial charge in [0.05, 0.1) is 5.71 Å². The fraction of sp³-hybridized carbons (Fsp3) is 0.300. The van der Waals surface area contributed by atoms with E-state index in [4.69, 9.17) is 0 Å². The molecule has 0 spiro atoms. The third-order valence-electron chi connectivity index (χ3n) is 2.22. The lowest BCUT2D eigenvalue weighted by Gasteiger charge is -2.02. The van der Waals surface area contributed by atoms with Crippen LogP contribution < -0.4 is 5.43 Å². The van der Waals surface area contributed by atoms with Gasteiger partial charge in [0.1, 0.15) is 5.75 Å². The summed E-state index contributed by atoms with van der Waals surface area (Å²) in [5.74, 6) is 0.343. The number of aryl methyl sites for hydroxylation is 1. The molecule has 0 saturated carbocycles. The van der Waals surface area contributed by atoms with Crippen molar-refractivity contribution < 1.29 is 5.11 Å². The molecular weight excluding hydrogens is 164 g/mol. The van der Waals surface area contributed by atoms with Gasteiger partial charge in [-0.05, 0) is 36.2 Å². The predicted molar refractivity (Wildman–Crippen MR) is 52.0 cm³/mol. The van der Waals surface area contributed by atoms with Crippen molar-refractivity contribution in [2.24, 2.45) is 5.10 Å². The minimum atomic E-state index is 0.343. The second-order valence-corrected chi connectivity index (χ2v) is 3.22. The number of nitrogens with zero attached hydrogens (tertiary/aromatic N) is 1. The monoisotopic (exact) mass is 176 g/mol. The van der Waals surface area contributed by atoms with Crippen LogP contribution in [0.4, 0.5) is 0 Å². The maximum atomic E-state index is 9.33. The van der Waals surface area contributed by atoms with E-state index in [0.29, 0.717) is 5.75 Å². The highest BCUT2D eigenvalue weighted by molar-refractivity contribution is 6.01. The van der Waals surface area contributed by atoms with Gasteiger partial charge in [0.2, 0.25) is 0 Å². The summed E-state index contributed by atoms with van der Waals surface area (Å²) in [6, 6.07) is 5.57. The average Bonchev–Trinajstić information content (AvgIpc) is 2.62. The van der Waals surface area contributed by atoms with Gasteiger partial charge in [0.25, 0.3) is 0 Å². The highest BCUT2D eigenvalue weighted by atomic mass is 16.3. The highest BCUT2D eigenvalue weighted by Gasteiger charge is 2.09. The number of aromatic hydroxyl groups is 1. The van der Waals surface area contributed by atoms with Crippen molar-refractivity contribution in [2.75, 3.05) is 6.54 Å². The summed E-state index contributed by atoms with van der Waals surface area (Å²) in [5.41, 5.74) is 6.00. The van der Waals surface area contributed by atoms with Crippen LogP contribution in [0.5, 0.6) is 5.75 Å². The second-order valence-electron chi connectivity index (χ2n) is 3.22. The van der Waals surface area contributed by atoms with E-state index in [1.807, 2.05) is 19.1 Å². The molecule has 1 aromatic rings. The summed E-state index contributed by atoms with van der Waals surface area (Å²) < 4.78 is 0. The van der Waals surface area contributed by atoms with Crippen molar-refractivity contribution >= 4 is 5.71 Å². The van der Waals surface area contributed by atoms with Crippen LogP contribution in [-0.4, -0.2) is 17.4 Å². The molecular formula is C10H12N2O. The molecule has 1 heterocycles. The van der Waals surface area contributed by atoms with E-state index in [-0.39, 0.29) is 0 Å². The zero-order valence-corrected chi connectivity index (χ0v) is 7.54. The molecule has 3 nitrogen and oxygen atoms in total. The van der Waals surface area contributed by atoms with Crippen LogP contribution in [0.3, 0.4) is 0 Å². The Hall–Kier alpha value is -1.51. The summed E-state index contributed by atoms with van der Waals surface area (Å²) in [6.45, 7) is 2.80. The first-order valence-electron chi connectivity index (χ1n) is 4.37. The highest BCUT2D eigenvalue weighted by Crippen LogP contribution is 2.18. The minimum Gasteiger partial charge on any atom is -0.508 e. The largest absolute Gasteiger partial charge is 0.508 e. The van der Waals surface area contributed by atoms with Crippen LogP contribution in [0, 0.1) is 6.92 Å². The van der Waals surface area contributed by atoms with Gasteiger partial charge in [0.15, 0.2) is 0 Å². The molecule has 1 aliphatic rings. The average molecular weight is 176 g/mol. The molecule has 2 N–H and O–H groups in total. The number of hydrogen-bond acceptors (Lipinski definition) is 3. The standard InChI is InChI=1S/C10H12N2O/c1-7-6-8(2-3-10(7)13)9-4-5-11-12-9/h2-3,6,11,13H,4-5H2,1H3. The fourth-order valence-corrected chi connectivity index (χ4v) is 1.43. The van der Waals surface area contributed by atoms with E-state index >= 15 is 0 Å². The Balaban J connectivity index is 2.36. The third kappa shape index (κ3) is 1.49. The quantitative estimate of drug-likeness (QED) is 0.679. The van der Waals surface area contributed by atoms with Crippen molar-refractivity contribution in [3.05, 3.63) is 29.3 Å². The molecule has 0 bridgehead atoms. The summed E-state index contributed by atoms with van der Waals surface area (Å²) in [7, 11) is 0. The van der Waals surface area contributed by atoms with Crippen molar-refractivity contribution in [3.63, 3.8) is 0 Å².